The maximum atomic E-state index is 12.8. The van der Waals surface area contributed by atoms with E-state index in [-0.39, 0.29) is 17.9 Å². The number of likely N-dealkylation sites (tertiary alicyclic amines) is 1. The number of aromatic amines is 1. The predicted octanol–water partition coefficient (Wildman–Crippen LogP) is 4.95. The monoisotopic (exact) mass is 405 g/mol. The van der Waals surface area contributed by atoms with Crippen LogP contribution < -0.4 is 4.74 Å². The van der Waals surface area contributed by atoms with Crippen molar-refractivity contribution in [2.24, 2.45) is 0 Å². The predicted molar refractivity (Wildman–Crippen MR) is 120 cm³/mol. The Balaban J connectivity index is 1.35. The number of amides is 1. The van der Waals surface area contributed by atoms with Crippen LogP contribution in [0, 0.1) is 6.92 Å². The van der Waals surface area contributed by atoms with Gasteiger partial charge in [0, 0.05) is 19.0 Å². The first-order valence-electron chi connectivity index (χ1n) is 10.8. The molecule has 0 spiro atoms. The summed E-state index contributed by atoms with van der Waals surface area (Å²) in [6.07, 6.45) is 1.84. The van der Waals surface area contributed by atoms with Crippen LogP contribution in [0.2, 0.25) is 0 Å². The molecule has 30 heavy (non-hydrogen) atoms. The van der Waals surface area contributed by atoms with Crippen LogP contribution in [0.1, 0.15) is 56.5 Å². The summed E-state index contributed by atoms with van der Waals surface area (Å²) in [5, 5.41) is 0. The van der Waals surface area contributed by atoms with Crippen LogP contribution in [0.4, 0.5) is 0 Å². The van der Waals surface area contributed by atoms with E-state index in [4.69, 9.17) is 9.72 Å². The molecule has 1 aliphatic rings. The Bertz CT molecular complexity index is 1010. The van der Waals surface area contributed by atoms with Gasteiger partial charge >= 0.3 is 0 Å². The molecule has 1 fully saturated rings. The molecule has 0 aliphatic carbocycles. The molecule has 5 heteroatoms. The average Bonchev–Trinajstić information content (AvgIpc) is 3.16. The molecule has 1 aromatic heterocycles. The number of ether oxygens (including phenoxy) is 1. The number of H-pyrrole nitrogens is 1. The van der Waals surface area contributed by atoms with Gasteiger partial charge in [0.25, 0.3) is 5.91 Å². The highest BCUT2D eigenvalue weighted by Crippen LogP contribution is 2.32. The molecule has 4 rings (SSSR count). The van der Waals surface area contributed by atoms with Gasteiger partial charge in [-0.2, -0.15) is 0 Å². The van der Waals surface area contributed by atoms with E-state index in [1.165, 1.54) is 5.56 Å². The lowest BCUT2D eigenvalue weighted by molar-refractivity contribution is -0.134. The molecule has 3 aromatic rings. The zero-order valence-electron chi connectivity index (χ0n) is 18.4. The third kappa shape index (κ3) is 4.35. The lowest BCUT2D eigenvalue weighted by Gasteiger charge is -2.31. The van der Waals surface area contributed by atoms with Crippen molar-refractivity contribution in [2.45, 2.75) is 51.9 Å². The number of aromatic nitrogens is 2. The lowest BCUT2D eigenvalue weighted by Crippen LogP contribution is -2.40. The van der Waals surface area contributed by atoms with E-state index in [9.17, 15) is 4.79 Å². The molecule has 0 atom stereocenters. The van der Waals surface area contributed by atoms with E-state index in [2.05, 4.69) is 44.8 Å². The van der Waals surface area contributed by atoms with Gasteiger partial charge in [0.1, 0.15) is 11.6 Å². The van der Waals surface area contributed by atoms with Gasteiger partial charge in [-0.1, -0.05) is 50.6 Å². The van der Waals surface area contributed by atoms with Crippen LogP contribution in [-0.4, -0.2) is 40.5 Å². The highest BCUT2D eigenvalue weighted by atomic mass is 16.5. The number of para-hydroxylation sites is 2. The molecule has 0 unspecified atom stereocenters. The van der Waals surface area contributed by atoms with Crippen molar-refractivity contribution in [1.29, 1.82) is 0 Å². The second-order valence-electron chi connectivity index (χ2n) is 9.33. The summed E-state index contributed by atoms with van der Waals surface area (Å²) in [7, 11) is 0. The molecular weight excluding hydrogens is 374 g/mol. The first-order valence-corrected chi connectivity index (χ1v) is 10.8. The van der Waals surface area contributed by atoms with Crippen molar-refractivity contribution in [3.63, 3.8) is 0 Å². The number of aryl methyl sites for hydroxylation is 1. The average molecular weight is 406 g/mol. The molecular formula is C25H31N3O2. The third-order valence-corrected chi connectivity index (χ3v) is 5.94. The van der Waals surface area contributed by atoms with Gasteiger partial charge in [-0.25, -0.2) is 4.98 Å². The highest BCUT2D eigenvalue weighted by Gasteiger charge is 2.26. The second kappa shape index (κ2) is 8.13. The fourth-order valence-corrected chi connectivity index (χ4v) is 4.15. The molecule has 1 N–H and O–H groups in total. The minimum absolute atomic E-state index is 0.0324. The summed E-state index contributed by atoms with van der Waals surface area (Å²) < 4.78 is 5.98. The smallest absolute Gasteiger partial charge is 0.260 e. The fraction of sp³-hybridized carbons (Fsp3) is 0.440. The summed E-state index contributed by atoms with van der Waals surface area (Å²) in [5.74, 6) is 2.26. The number of carbonyl (C=O) groups is 1. The van der Waals surface area contributed by atoms with Crippen LogP contribution in [0.5, 0.6) is 5.75 Å². The van der Waals surface area contributed by atoms with E-state index < -0.39 is 0 Å². The Hall–Kier alpha value is -2.82. The van der Waals surface area contributed by atoms with Crippen LogP contribution >= 0.6 is 0 Å². The first-order chi connectivity index (χ1) is 14.3. The summed E-state index contributed by atoms with van der Waals surface area (Å²) in [5.41, 5.74) is 4.39. The largest absolute Gasteiger partial charge is 0.483 e. The summed E-state index contributed by atoms with van der Waals surface area (Å²) in [4.78, 5) is 22.9. The molecule has 1 amide bonds. The molecule has 158 valence electrons. The fourth-order valence-electron chi connectivity index (χ4n) is 4.15. The maximum absolute atomic E-state index is 12.8. The van der Waals surface area contributed by atoms with Gasteiger partial charge in [0.15, 0.2) is 6.61 Å². The molecule has 0 saturated carbocycles. The van der Waals surface area contributed by atoms with Gasteiger partial charge in [0.05, 0.1) is 11.0 Å². The molecule has 2 aromatic carbocycles. The van der Waals surface area contributed by atoms with E-state index in [1.807, 2.05) is 35.2 Å². The molecule has 1 saturated heterocycles. The van der Waals surface area contributed by atoms with Crippen molar-refractivity contribution >= 4 is 16.9 Å². The number of carbonyl (C=O) groups excluding carboxylic acids is 1. The Morgan fingerprint density at radius 3 is 2.60 bits per heavy atom. The van der Waals surface area contributed by atoms with Crippen molar-refractivity contribution in [2.75, 3.05) is 19.7 Å². The Labute approximate surface area is 178 Å². The van der Waals surface area contributed by atoms with Gasteiger partial charge in [-0.3, -0.25) is 4.79 Å². The standard InChI is InChI=1S/C25H31N3O2/c1-17-9-10-22(19(15-17)25(2,3)4)30-16-23(29)28-13-11-18(12-14-28)24-26-20-7-5-6-8-21(20)27-24/h5-10,15,18H,11-14,16H2,1-4H3,(H,26,27). The first kappa shape index (κ1) is 20.5. The molecule has 1 aliphatic heterocycles. The van der Waals surface area contributed by atoms with E-state index >= 15 is 0 Å². The SMILES string of the molecule is Cc1ccc(OCC(=O)N2CCC(c3nc4ccccc4[nH]3)CC2)c(C(C)(C)C)c1. The molecule has 5 nitrogen and oxygen atoms in total. The van der Waals surface area contributed by atoms with Crippen molar-refractivity contribution < 1.29 is 9.53 Å². The number of rotatable bonds is 4. The van der Waals surface area contributed by atoms with Crippen LogP contribution in [-0.2, 0) is 10.2 Å². The van der Waals surface area contributed by atoms with Crippen LogP contribution in [0.25, 0.3) is 11.0 Å². The van der Waals surface area contributed by atoms with Crippen molar-refractivity contribution in [3.8, 4) is 5.75 Å². The molecule has 2 heterocycles. The maximum Gasteiger partial charge on any atom is 0.260 e. The number of imidazole rings is 1. The van der Waals surface area contributed by atoms with Crippen molar-refractivity contribution in [1.82, 2.24) is 14.9 Å². The number of fused-ring (bicyclic) bond motifs is 1. The van der Waals surface area contributed by atoms with Crippen LogP contribution in [0.3, 0.4) is 0 Å². The Kier molecular flexibility index (Phi) is 5.54. The minimum Gasteiger partial charge on any atom is -0.483 e. The number of benzene rings is 2. The van der Waals surface area contributed by atoms with Crippen molar-refractivity contribution in [3.05, 3.63) is 59.4 Å². The number of nitrogens with zero attached hydrogens (tertiary/aromatic N) is 2. The topological polar surface area (TPSA) is 58.2 Å². The zero-order valence-corrected chi connectivity index (χ0v) is 18.4. The number of hydrogen-bond acceptors (Lipinski definition) is 3. The van der Waals surface area contributed by atoms with E-state index in [1.54, 1.807) is 0 Å². The summed E-state index contributed by atoms with van der Waals surface area (Å²) >= 11 is 0. The van der Waals surface area contributed by atoms with E-state index in [0.29, 0.717) is 5.92 Å². The minimum atomic E-state index is -0.0324. The normalized spacial score (nSPS) is 15.5. The number of nitrogens with one attached hydrogen (secondary N) is 1. The molecule has 0 radical (unpaired) electrons. The van der Waals surface area contributed by atoms with Crippen LogP contribution in [0.15, 0.2) is 42.5 Å². The van der Waals surface area contributed by atoms with Gasteiger partial charge in [-0.15, -0.1) is 0 Å². The van der Waals surface area contributed by atoms with E-state index in [0.717, 1.165) is 54.1 Å². The second-order valence-corrected chi connectivity index (χ2v) is 9.33. The zero-order chi connectivity index (χ0) is 21.3. The number of hydrogen-bond donors (Lipinski definition) is 1. The Morgan fingerprint density at radius 2 is 1.90 bits per heavy atom. The summed E-state index contributed by atoms with van der Waals surface area (Å²) in [6.45, 7) is 10.1. The number of piperidine rings is 1. The Morgan fingerprint density at radius 1 is 1.17 bits per heavy atom. The molecule has 0 bridgehead atoms. The summed E-state index contributed by atoms with van der Waals surface area (Å²) in [6, 6.07) is 14.3. The van der Waals surface area contributed by atoms with Gasteiger partial charge in [-0.05, 0) is 48.9 Å². The quantitative estimate of drug-likeness (QED) is 0.668. The van der Waals surface area contributed by atoms with Gasteiger partial charge in [0.2, 0.25) is 0 Å². The lowest BCUT2D eigenvalue weighted by atomic mass is 9.85. The van der Waals surface area contributed by atoms with Gasteiger partial charge < -0.3 is 14.6 Å². The highest BCUT2D eigenvalue weighted by molar-refractivity contribution is 5.78. The third-order valence-electron chi connectivity index (χ3n) is 5.94.